The number of nitrogens with one attached hydrogen (secondary N) is 2. The Morgan fingerprint density at radius 3 is 2.81 bits per heavy atom. The predicted octanol–water partition coefficient (Wildman–Crippen LogP) is 3.35. The lowest BCUT2D eigenvalue weighted by Gasteiger charge is -2.26. The van der Waals surface area contributed by atoms with Gasteiger partial charge in [-0.1, -0.05) is 23.7 Å². The van der Waals surface area contributed by atoms with Crippen LogP contribution in [0.3, 0.4) is 0 Å². The van der Waals surface area contributed by atoms with Crippen LogP contribution in [-0.2, 0) is 22.6 Å². The van der Waals surface area contributed by atoms with Gasteiger partial charge in [0.05, 0.1) is 17.6 Å². The van der Waals surface area contributed by atoms with Gasteiger partial charge in [-0.15, -0.1) is 11.3 Å². The number of ether oxygens (including phenoxy) is 1. The number of carbonyl (C=O) groups is 1. The summed E-state index contributed by atoms with van der Waals surface area (Å²) in [6, 6.07) is 11.9. The van der Waals surface area contributed by atoms with E-state index < -0.39 is 0 Å². The van der Waals surface area contributed by atoms with E-state index in [2.05, 4.69) is 21.6 Å². The molecule has 0 aliphatic carbocycles. The van der Waals surface area contributed by atoms with Crippen molar-refractivity contribution in [3.05, 3.63) is 51.2 Å². The lowest BCUT2D eigenvalue weighted by molar-refractivity contribution is -0.116. The van der Waals surface area contributed by atoms with E-state index in [1.165, 1.54) is 4.88 Å². The van der Waals surface area contributed by atoms with Crippen LogP contribution >= 0.6 is 22.9 Å². The SMILES string of the molecule is O=C(CCN1CCOCC1)Nc1cccc(CNCc2ccc(Cl)s2)c1. The topological polar surface area (TPSA) is 53.6 Å². The molecule has 0 atom stereocenters. The summed E-state index contributed by atoms with van der Waals surface area (Å²) < 4.78 is 6.13. The number of thiophene rings is 1. The molecule has 26 heavy (non-hydrogen) atoms. The zero-order chi connectivity index (χ0) is 18.2. The molecule has 7 heteroatoms. The first-order chi connectivity index (χ1) is 12.7. The van der Waals surface area contributed by atoms with Crippen LogP contribution in [0.5, 0.6) is 0 Å². The van der Waals surface area contributed by atoms with E-state index in [0.717, 1.165) is 61.5 Å². The summed E-state index contributed by atoms with van der Waals surface area (Å²) in [5.41, 5.74) is 1.98. The quantitative estimate of drug-likeness (QED) is 0.722. The minimum Gasteiger partial charge on any atom is -0.379 e. The molecule has 0 unspecified atom stereocenters. The van der Waals surface area contributed by atoms with Gasteiger partial charge < -0.3 is 15.4 Å². The molecule has 1 amide bonds. The first-order valence-corrected chi connectivity index (χ1v) is 10.0. The van der Waals surface area contributed by atoms with Gasteiger partial charge in [0.2, 0.25) is 5.91 Å². The Balaban J connectivity index is 1.41. The largest absolute Gasteiger partial charge is 0.379 e. The van der Waals surface area contributed by atoms with Crippen LogP contribution in [0.15, 0.2) is 36.4 Å². The van der Waals surface area contributed by atoms with Crippen molar-refractivity contribution in [3.63, 3.8) is 0 Å². The van der Waals surface area contributed by atoms with Gasteiger partial charge in [0.15, 0.2) is 0 Å². The van der Waals surface area contributed by atoms with Crippen LogP contribution in [0.2, 0.25) is 4.34 Å². The average Bonchev–Trinajstić information content (AvgIpc) is 3.06. The molecular weight excluding hydrogens is 370 g/mol. The number of nitrogens with zero attached hydrogens (tertiary/aromatic N) is 1. The number of hydrogen-bond acceptors (Lipinski definition) is 5. The summed E-state index contributed by atoms with van der Waals surface area (Å²) in [5.74, 6) is 0.0508. The standard InChI is InChI=1S/C19H24ClN3O2S/c20-18-5-4-17(26-18)14-21-13-15-2-1-3-16(12-15)22-19(24)6-7-23-8-10-25-11-9-23/h1-5,12,21H,6-11,13-14H2,(H,22,24). The molecule has 1 saturated heterocycles. The van der Waals surface area contributed by atoms with Gasteiger partial charge in [-0.2, -0.15) is 0 Å². The fraction of sp³-hybridized carbons (Fsp3) is 0.421. The molecule has 0 bridgehead atoms. The summed E-state index contributed by atoms with van der Waals surface area (Å²) in [5, 5.41) is 6.39. The number of amides is 1. The van der Waals surface area contributed by atoms with Crippen LogP contribution in [0.4, 0.5) is 5.69 Å². The maximum absolute atomic E-state index is 12.2. The van der Waals surface area contributed by atoms with E-state index in [1.807, 2.05) is 30.3 Å². The maximum Gasteiger partial charge on any atom is 0.225 e. The van der Waals surface area contributed by atoms with Gasteiger partial charge in [-0.25, -0.2) is 0 Å². The van der Waals surface area contributed by atoms with Gasteiger partial charge in [-0.3, -0.25) is 9.69 Å². The lowest BCUT2D eigenvalue weighted by atomic mass is 10.2. The van der Waals surface area contributed by atoms with Gasteiger partial charge >= 0.3 is 0 Å². The Labute approximate surface area is 163 Å². The Morgan fingerprint density at radius 1 is 1.19 bits per heavy atom. The number of hydrogen-bond donors (Lipinski definition) is 2. The summed E-state index contributed by atoms with van der Waals surface area (Å²) >= 11 is 7.53. The minimum absolute atomic E-state index is 0.0508. The molecule has 0 saturated carbocycles. The van der Waals surface area contributed by atoms with Crippen molar-refractivity contribution in [2.75, 3.05) is 38.2 Å². The number of halogens is 1. The molecule has 2 aromatic rings. The molecule has 1 aromatic heterocycles. The van der Waals surface area contributed by atoms with Crippen LogP contribution in [0, 0.1) is 0 Å². The normalized spacial score (nSPS) is 15.1. The van der Waals surface area contributed by atoms with Crippen molar-refractivity contribution < 1.29 is 9.53 Å². The zero-order valence-corrected chi connectivity index (χ0v) is 16.2. The Hall–Kier alpha value is -1.44. The second kappa shape index (κ2) is 10.0. The molecular formula is C19H24ClN3O2S. The van der Waals surface area contributed by atoms with Crippen LogP contribution < -0.4 is 10.6 Å². The van der Waals surface area contributed by atoms with E-state index >= 15 is 0 Å². The molecule has 5 nitrogen and oxygen atoms in total. The number of benzene rings is 1. The summed E-state index contributed by atoms with van der Waals surface area (Å²) in [6.07, 6.45) is 0.502. The monoisotopic (exact) mass is 393 g/mol. The molecule has 1 fully saturated rings. The summed E-state index contributed by atoms with van der Waals surface area (Å²) in [7, 11) is 0. The highest BCUT2D eigenvalue weighted by Crippen LogP contribution is 2.21. The molecule has 1 aliphatic heterocycles. The second-order valence-corrected chi connectivity index (χ2v) is 8.06. The van der Waals surface area contributed by atoms with E-state index in [1.54, 1.807) is 11.3 Å². The lowest BCUT2D eigenvalue weighted by Crippen LogP contribution is -2.38. The third-order valence-electron chi connectivity index (χ3n) is 4.23. The molecule has 1 aliphatic rings. The molecule has 1 aromatic carbocycles. The maximum atomic E-state index is 12.2. The smallest absolute Gasteiger partial charge is 0.225 e. The average molecular weight is 394 g/mol. The Morgan fingerprint density at radius 2 is 2.04 bits per heavy atom. The number of morpholine rings is 1. The fourth-order valence-corrected chi connectivity index (χ4v) is 3.90. The van der Waals surface area contributed by atoms with Crippen molar-refractivity contribution >= 4 is 34.5 Å². The van der Waals surface area contributed by atoms with Crippen molar-refractivity contribution in [2.24, 2.45) is 0 Å². The Bertz CT molecular complexity index is 716. The highest BCUT2D eigenvalue weighted by atomic mass is 35.5. The van der Waals surface area contributed by atoms with Crippen LogP contribution in [0.1, 0.15) is 16.9 Å². The molecule has 3 rings (SSSR count). The van der Waals surface area contributed by atoms with Crippen LogP contribution in [-0.4, -0.2) is 43.7 Å². The molecule has 0 spiro atoms. The third-order valence-corrected chi connectivity index (χ3v) is 5.46. The van der Waals surface area contributed by atoms with Gasteiger partial charge in [0, 0.05) is 49.7 Å². The second-order valence-electron chi connectivity index (χ2n) is 6.26. The van der Waals surface area contributed by atoms with E-state index in [4.69, 9.17) is 16.3 Å². The predicted molar refractivity (Wildman–Crippen MR) is 107 cm³/mol. The molecule has 2 N–H and O–H groups in total. The van der Waals surface area contributed by atoms with E-state index in [0.29, 0.717) is 6.42 Å². The third kappa shape index (κ3) is 6.37. The molecule has 140 valence electrons. The van der Waals surface area contributed by atoms with Crippen molar-refractivity contribution in [1.82, 2.24) is 10.2 Å². The number of anilines is 1. The number of carbonyl (C=O) groups excluding carboxylic acids is 1. The first kappa shape index (κ1) is 19.3. The Kier molecular flexibility index (Phi) is 7.46. The van der Waals surface area contributed by atoms with Crippen molar-refractivity contribution in [1.29, 1.82) is 0 Å². The fourth-order valence-electron chi connectivity index (χ4n) is 2.84. The van der Waals surface area contributed by atoms with Gasteiger partial charge in [0.25, 0.3) is 0 Å². The van der Waals surface area contributed by atoms with Crippen LogP contribution in [0.25, 0.3) is 0 Å². The van der Waals surface area contributed by atoms with E-state index in [9.17, 15) is 4.79 Å². The molecule has 2 heterocycles. The molecule has 0 radical (unpaired) electrons. The highest BCUT2D eigenvalue weighted by Gasteiger charge is 2.12. The minimum atomic E-state index is 0.0508. The zero-order valence-electron chi connectivity index (χ0n) is 14.7. The summed E-state index contributed by atoms with van der Waals surface area (Å²) in [4.78, 5) is 15.6. The van der Waals surface area contributed by atoms with Gasteiger partial charge in [0.1, 0.15) is 0 Å². The highest BCUT2D eigenvalue weighted by molar-refractivity contribution is 7.16. The summed E-state index contributed by atoms with van der Waals surface area (Å²) in [6.45, 7) is 5.64. The first-order valence-electron chi connectivity index (χ1n) is 8.83. The number of rotatable bonds is 8. The van der Waals surface area contributed by atoms with Gasteiger partial charge in [-0.05, 0) is 29.8 Å². The van der Waals surface area contributed by atoms with Crippen molar-refractivity contribution in [3.8, 4) is 0 Å². The van der Waals surface area contributed by atoms with Crippen molar-refractivity contribution in [2.45, 2.75) is 19.5 Å². The van der Waals surface area contributed by atoms with E-state index in [-0.39, 0.29) is 5.91 Å².